The van der Waals surface area contributed by atoms with Crippen LogP contribution < -0.4 is 11.1 Å². The van der Waals surface area contributed by atoms with Crippen molar-refractivity contribution >= 4 is 24.5 Å². The van der Waals surface area contributed by atoms with Crippen LogP contribution in [-0.2, 0) is 5.60 Å². The topological polar surface area (TPSA) is 146 Å². The van der Waals surface area contributed by atoms with E-state index in [0.29, 0.717) is 23.7 Å². The van der Waals surface area contributed by atoms with E-state index in [1.807, 2.05) is 0 Å². The van der Waals surface area contributed by atoms with Crippen LogP contribution in [0, 0.1) is 12.8 Å². The van der Waals surface area contributed by atoms with Crippen LogP contribution >= 0.6 is 0 Å². The first-order chi connectivity index (χ1) is 16.3. The predicted molar refractivity (Wildman–Crippen MR) is 122 cm³/mol. The number of benzene rings is 1. The number of amides is 1. The number of aliphatic hydroxyl groups is 1. The van der Waals surface area contributed by atoms with Crippen molar-refractivity contribution in [3.63, 3.8) is 0 Å². The maximum absolute atomic E-state index is 13.4. The van der Waals surface area contributed by atoms with E-state index < -0.39 is 30.7 Å². The molecule has 2 aromatic heterocycles. The van der Waals surface area contributed by atoms with Gasteiger partial charge in [0, 0.05) is 11.8 Å². The minimum Gasteiger partial charge on any atom is -0.426 e. The second kappa shape index (κ2) is 8.81. The number of rotatable bonds is 6. The first-order valence-electron chi connectivity index (χ1n) is 11.0. The van der Waals surface area contributed by atoms with E-state index in [9.17, 15) is 33.1 Å². The van der Waals surface area contributed by atoms with E-state index in [1.54, 1.807) is 6.92 Å². The normalized spacial score (nSPS) is 17.0. The van der Waals surface area contributed by atoms with Gasteiger partial charge >= 0.3 is 13.3 Å². The summed E-state index contributed by atoms with van der Waals surface area (Å²) in [6.07, 6.45) is 0.253. The van der Waals surface area contributed by atoms with Gasteiger partial charge in [-0.1, -0.05) is 18.6 Å². The monoisotopic (exact) mass is 491 g/mol. The zero-order chi connectivity index (χ0) is 25.7. The third kappa shape index (κ3) is 4.46. The zero-order valence-corrected chi connectivity index (χ0v) is 19.0. The Morgan fingerprint density at radius 2 is 2.00 bits per heavy atom. The lowest BCUT2D eigenvalue weighted by Gasteiger charge is -2.33. The number of nitrogens with two attached hydrogens (primary N) is 1. The van der Waals surface area contributed by atoms with Crippen molar-refractivity contribution in [1.82, 2.24) is 19.7 Å². The molecule has 6 N–H and O–H groups in total. The number of nitrogens with zero attached hydrogens (tertiary/aromatic N) is 3. The van der Waals surface area contributed by atoms with Crippen LogP contribution in [0.3, 0.4) is 0 Å². The fourth-order valence-electron chi connectivity index (χ4n) is 4.15. The fraction of sp³-hybridized carbons (Fsp3) is 0.409. The summed E-state index contributed by atoms with van der Waals surface area (Å²) >= 11 is 0. The van der Waals surface area contributed by atoms with Crippen molar-refractivity contribution in [3.8, 4) is 11.3 Å². The Labute approximate surface area is 199 Å². The number of alkyl halides is 3. The van der Waals surface area contributed by atoms with Crippen LogP contribution in [-0.4, -0.2) is 54.7 Å². The summed E-state index contributed by atoms with van der Waals surface area (Å²) in [5, 5.41) is 32.1. The first kappa shape index (κ1) is 25.0. The van der Waals surface area contributed by atoms with Gasteiger partial charge in [0.25, 0.3) is 5.91 Å². The maximum atomic E-state index is 13.4. The number of anilines is 1. The summed E-state index contributed by atoms with van der Waals surface area (Å²) in [6.45, 7) is 2.36. The van der Waals surface area contributed by atoms with Gasteiger partial charge in [0.1, 0.15) is 5.69 Å². The summed E-state index contributed by atoms with van der Waals surface area (Å²) in [6, 6.07) is 3.87. The largest absolute Gasteiger partial charge is 0.475 e. The molecule has 1 amide bonds. The van der Waals surface area contributed by atoms with Crippen molar-refractivity contribution < 1.29 is 33.1 Å². The highest BCUT2D eigenvalue weighted by Crippen LogP contribution is 2.40. The van der Waals surface area contributed by atoms with Gasteiger partial charge in [0.2, 0.25) is 0 Å². The molecule has 1 aliphatic rings. The summed E-state index contributed by atoms with van der Waals surface area (Å²) < 4.78 is 41.7. The fourth-order valence-corrected chi connectivity index (χ4v) is 4.15. The van der Waals surface area contributed by atoms with Crippen LogP contribution in [0.4, 0.5) is 19.0 Å². The minimum atomic E-state index is -4.90. The molecule has 0 bridgehead atoms. The second-order valence-corrected chi connectivity index (χ2v) is 9.05. The molecule has 2 atom stereocenters. The maximum Gasteiger partial charge on any atom is 0.475 e. The smallest absolute Gasteiger partial charge is 0.426 e. The lowest BCUT2D eigenvalue weighted by molar-refractivity contribution is -0.258. The van der Waals surface area contributed by atoms with E-state index in [2.05, 4.69) is 15.3 Å². The molecule has 2 heterocycles. The van der Waals surface area contributed by atoms with Gasteiger partial charge in [-0.25, -0.2) is 9.97 Å². The average Bonchev–Trinajstić information content (AvgIpc) is 3.15. The Balaban J connectivity index is 1.76. The minimum absolute atomic E-state index is 0.0735. The SMILES string of the molecule is Cc1ccc(C(C)(O)C(F)(F)F)cc1-c1cnc2c(N)nc(C(=O)N[C@@H](B(O)O)C3CCC3)cn12. The number of hydrogen-bond donors (Lipinski definition) is 5. The molecule has 13 heteroatoms. The number of imidazole rings is 1. The van der Waals surface area contributed by atoms with E-state index in [0.717, 1.165) is 19.3 Å². The molecule has 1 saturated carbocycles. The molecule has 1 aromatic carbocycles. The molecule has 0 spiro atoms. The molecule has 0 aliphatic heterocycles. The van der Waals surface area contributed by atoms with Crippen molar-refractivity contribution in [3.05, 3.63) is 47.4 Å². The molecule has 0 saturated heterocycles. The Morgan fingerprint density at radius 3 is 2.57 bits per heavy atom. The molecule has 35 heavy (non-hydrogen) atoms. The van der Waals surface area contributed by atoms with Gasteiger partial charge in [-0.2, -0.15) is 13.2 Å². The quantitative estimate of drug-likeness (QED) is 0.332. The number of aryl methyl sites for hydroxylation is 1. The lowest BCUT2D eigenvalue weighted by atomic mass is 9.64. The second-order valence-electron chi connectivity index (χ2n) is 9.05. The number of hydrogen-bond acceptors (Lipinski definition) is 7. The van der Waals surface area contributed by atoms with Crippen LogP contribution in [0.2, 0.25) is 0 Å². The van der Waals surface area contributed by atoms with Crippen LogP contribution in [0.15, 0.2) is 30.6 Å². The van der Waals surface area contributed by atoms with Crippen LogP contribution in [0.5, 0.6) is 0 Å². The van der Waals surface area contributed by atoms with Gasteiger partial charge in [-0.15, -0.1) is 0 Å². The summed E-state index contributed by atoms with van der Waals surface area (Å²) in [5.74, 6) is -1.73. The van der Waals surface area contributed by atoms with Crippen molar-refractivity contribution in [2.45, 2.75) is 50.8 Å². The van der Waals surface area contributed by atoms with E-state index in [-0.39, 0.29) is 28.6 Å². The molecular formula is C22H25BF3N5O4. The van der Waals surface area contributed by atoms with Gasteiger partial charge in [-0.3, -0.25) is 9.20 Å². The number of fused-ring (bicyclic) bond motifs is 1. The van der Waals surface area contributed by atoms with E-state index >= 15 is 0 Å². The number of nitrogens with one attached hydrogen (secondary N) is 1. The van der Waals surface area contributed by atoms with Gasteiger partial charge in [0.15, 0.2) is 17.1 Å². The standard InChI is InChI=1S/C22H25BF3N5O4/c1-11-6-7-13(21(2,33)22(24,25)26)8-14(11)16-9-28-19-18(27)29-15(10-31(16)19)20(32)30-17(23(34)35)12-4-3-5-12/h6-10,12,17,33-35H,3-5H2,1-2H3,(H2,27,29)(H,30,32)/t17-,21?/m1/s1. The Morgan fingerprint density at radius 1 is 1.31 bits per heavy atom. The number of aromatic nitrogens is 3. The van der Waals surface area contributed by atoms with Gasteiger partial charge in [0.05, 0.1) is 17.8 Å². The molecule has 3 aromatic rings. The molecule has 1 fully saturated rings. The van der Waals surface area contributed by atoms with Crippen molar-refractivity contribution in [1.29, 1.82) is 0 Å². The molecule has 9 nitrogen and oxygen atoms in total. The first-order valence-corrected chi connectivity index (χ1v) is 11.0. The molecule has 186 valence electrons. The van der Waals surface area contributed by atoms with Crippen molar-refractivity contribution in [2.24, 2.45) is 5.92 Å². The third-order valence-electron chi connectivity index (χ3n) is 6.66. The lowest BCUT2D eigenvalue weighted by Crippen LogP contribution is -2.53. The summed E-state index contributed by atoms with van der Waals surface area (Å²) in [4.78, 5) is 21.2. The highest BCUT2D eigenvalue weighted by molar-refractivity contribution is 6.44. The number of carbonyl (C=O) groups is 1. The number of carbonyl (C=O) groups excluding carboxylic acids is 1. The summed E-state index contributed by atoms with van der Waals surface area (Å²) in [7, 11) is -1.75. The Hall–Kier alpha value is -3.16. The van der Waals surface area contributed by atoms with Crippen LogP contribution in [0.25, 0.3) is 16.9 Å². The highest BCUT2D eigenvalue weighted by atomic mass is 19.4. The Bertz CT molecular complexity index is 1270. The number of halogens is 3. The average molecular weight is 491 g/mol. The molecule has 1 aliphatic carbocycles. The number of nitrogen functional groups attached to an aromatic ring is 1. The Kier molecular flexibility index (Phi) is 6.28. The molecule has 4 rings (SSSR count). The van der Waals surface area contributed by atoms with E-state index in [4.69, 9.17) is 5.73 Å². The summed E-state index contributed by atoms with van der Waals surface area (Å²) in [5.41, 5.74) is 3.89. The van der Waals surface area contributed by atoms with Crippen LogP contribution in [0.1, 0.15) is 47.8 Å². The molecule has 0 radical (unpaired) electrons. The van der Waals surface area contributed by atoms with Gasteiger partial charge < -0.3 is 26.2 Å². The molecule has 1 unspecified atom stereocenters. The molecular weight excluding hydrogens is 466 g/mol. The predicted octanol–water partition coefficient (Wildman–Crippen LogP) is 1.97. The van der Waals surface area contributed by atoms with Gasteiger partial charge in [-0.05, 0) is 49.8 Å². The highest BCUT2D eigenvalue weighted by Gasteiger charge is 2.51. The zero-order valence-electron chi connectivity index (χ0n) is 19.0. The third-order valence-corrected chi connectivity index (χ3v) is 6.66. The van der Waals surface area contributed by atoms with Crippen molar-refractivity contribution in [2.75, 3.05) is 5.73 Å². The van der Waals surface area contributed by atoms with E-state index in [1.165, 1.54) is 35.0 Å².